The Labute approximate surface area is 131 Å². The van der Waals surface area contributed by atoms with Gasteiger partial charge in [0.1, 0.15) is 4.90 Å². The molecule has 0 aromatic heterocycles. The summed E-state index contributed by atoms with van der Waals surface area (Å²) >= 11 is 3.21. The number of anilines is 1. The number of rotatable bonds is 4. The molecule has 0 heterocycles. The summed E-state index contributed by atoms with van der Waals surface area (Å²) in [6.07, 6.45) is 0. The summed E-state index contributed by atoms with van der Waals surface area (Å²) in [7, 11) is -2.30. The van der Waals surface area contributed by atoms with E-state index in [1.165, 1.54) is 13.1 Å². The van der Waals surface area contributed by atoms with E-state index in [4.69, 9.17) is 0 Å². The van der Waals surface area contributed by atoms with E-state index < -0.39 is 10.0 Å². The van der Waals surface area contributed by atoms with E-state index in [-0.39, 0.29) is 22.1 Å². The first kappa shape index (κ1) is 15.5. The molecule has 7 heteroatoms. The minimum absolute atomic E-state index is 0.108. The highest BCUT2D eigenvalue weighted by Gasteiger charge is 2.20. The molecule has 0 radical (unpaired) electrons. The van der Waals surface area contributed by atoms with Crippen LogP contribution in [0.2, 0.25) is 0 Å². The van der Waals surface area contributed by atoms with Crippen molar-refractivity contribution in [2.75, 3.05) is 11.8 Å². The Balaban J connectivity index is 2.43. The second-order valence-electron chi connectivity index (χ2n) is 4.16. The second-order valence-corrected chi connectivity index (χ2v) is 6.67. The zero-order valence-corrected chi connectivity index (χ0v) is 13.5. The highest BCUT2D eigenvalue weighted by atomic mass is 79.9. The Morgan fingerprint density at radius 2 is 1.67 bits per heavy atom. The third kappa shape index (κ3) is 3.43. The van der Waals surface area contributed by atoms with E-state index in [0.717, 1.165) is 0 Å². The molecule has 21 heavy (non-hydrogen) atoms. The van der Waals surface area contributed by atoms with Crippen LogP contribution in [0, 0.1) is 0 Å². The average Bonchev–Trinajstić information content (AvgIpc) is 2.47. The van der Waals surface area contributed by atoms with E-state index in [1.54, 1.807) is 42.5 Å². The van der Waals surface area contributed by atoms with Crippen molar-refractivity contribution in [1.82, 2.24) is 5.32 Å². The number of hydrogen-bond donors (Lipinski definition) is 2. The standard InChI is InChI=1S/C14H13BrN2O3S/c1-16-14(18)10-6-2-4-8-12(10)17-21(19,20)13-9-5-3-7-11(13)15/h2-9,17H,1H3,(H,16,18). The maximum Gasteiger partial charge on any atom is 0.263 e. The third-order valence-electron chi connectivity index (χ3n) is 2.77. The zero-order chi connectivity index (χ0) is 15.5. The van der Waals surface area contributed by atoms with Gasteiger partial charge in [0.2, 0.25) is 0 Å². The molecule has 0 aliphatic carbocycles. The number of amides is 1. The van der Waals surface area contributed by atoms with Crippen LogP contribution in [-0.4, -0.2) is 21.4 Å². The number of para-hydroxylation sites is 1. The van der Waals surface area contributed by atoms with Gasteiger partial charge in [0.15, 0.2) is 0 Å². The molecule has 0 unspecified atom stereocenters. The Kier molecular flexibility index (Phi) is 4.64. The molecule has 0 saturated carbocycles. The van der Waals surface area contributed by atoms with Crippen molar-refractivity contribution in [3.8, 4) is 0 Å². The van der Waals surface area contributed by atoms with Crippen molar-refractivity contribution in [3.63, 3.8) is 0 Å². The van der Waals surface area contributed by atoms with Crippen LogP contribution in [0.5, 0.6) is 0 Å². The van der Waals surface area contributed by atoms with E-state index in [2.05, 4.69) is 26.0 Å². The first-order chi connectivity index (χ1) is 9.95. The van der Waals surface area contributed by atoms with Crippen molar-refractivity contribution in [1.29, 1.82) is 0 Å². The smallest absolute Gasteiger partial charge is 0.263 e. The fourth-order valence-electron chi connectivity index (χ4n) is 1.77. The van der Waals surface area contributed by atoms with Gasteiger partial charge in [0.05, 0.1) is 11.3 Å². The molecule has 5 nitrogen and oxygen atoms in total. The number of nitrogens with one attached hydrogen (secondary N) is 2. The Morgan fingerprint density at radius 1 is 1.05 bits per heavy atom. The molecule has 0 aliphatic rings. The summed E-state index contributed by atoms with van der Waals surface area (Å²) in [6.45, 7) is 0. The van der Waals surface area contributed by atoms with Crippen molar-refractivity contribution < 1.29 is 13.2 Å². The predicted molar refractivity (Wildman–Crippen MR) is 84.8 cm³/mol. The second kappa shape index (κ2) is 6.28. The molecule has 2 aromatic carbocycles. The van der Waals surface area contributed by atoms with Gasteiger partial charge in [0, 0.05) is 11.5 Å². The van der Waals surface area contributed by atoms with Crippen molar-refractivity contribution in [2.24, 2.45) is 0 Å². The van der Waals surface area contributed by atoms with E-state index in [1.807, 2.05) is 0 Å². The average molecular weight is 369 g/mol. The van der Waals surface area contributed by atoms with Crippen LogP contribution in [0.15, 0.2) is 57.9 Å². The van der Waals surface area contributed by atoms with E-state index >= 15 is 0 Å². The summed E-state index contributed by atoms with van der Waals surface area (Å²) in [5.41, 5.74) is 0.489. The normalized spacial score (nSPS) is 11.0. The lowest BCUT2D eigenvalue weighted by atomic mass is 10.2. The molecule has 0 saturated heterocycles. The lowest BCUT2D eigenvalue weighted by Gasteiger charge is -2.12. The lowest BCUT2D eigenvalue weighted by molar-refractivity contribution is 0.0964. The van der Waals surface area contributed by atoms with Gasteiger partial charge in [-0.3, -0.25) is 9.52 Å². The van der Waals surface area contributed by atoms with Crippen LogP contribution in [0.4, 0.5) is 5.69 Å². The van der Waals surface area contributed by atoms with Gasteiger partial charge in [-0.15, -0.1) is 0 Å². The molecule has 0 atom stereocenters. The van der Waals surface area contributed by atoms with Crippen molar-refractivity contribution in [2.45, 2.75) is 4.90 Å². The Bertz CT molecular complexity index is 775. The molecular formula is C14H13BrN2O3S. The fourth-order valence-corrected chi connectivity index (χ4v) is 3.85. The summed E-state index contributed by atoms with van der Waals surface area (Å²) in [5, 5.41) is 2.48. The molecule has 1 amide bonds. The molecule has 0 spiro atoms. The first-order valence-corrected chi connectivity index (χ1v) is 8.32. The number of halogens is 1. The number of carbonyl (C=O) groups excluding carboxylic acids is 1. The third-order valence-corrected chi connectivity index (χ3v) is 5.15. The zero-order valence-electron chi connectivity index (χ0n) is 11.1. The Morgan fingerprint density at radius 3 is 2.33 bits per heavy atom. The quantitative estimate of drug-likeness (QED) is 0.870. The number of benzene rings is 2. The molecule has 0 aliphatic heterocycles. The topological polar surface area (TPSA) is 75.3 Å². The first-order valence-electron chi connectivity index (χ1n) is 6.04. The molecular weight excluding hydrogens is 356 g/mol. The van der Waals surface area contributed by atoms with Crippen LogP contribution < -0.4 is 10.0 Å². The molecule has 0 bridgehead atoms. The van der Waals surface area contributed by atoms with E-state index in [0.29, 0.717) is 4.47 Å². The highest BCUT2D eigenvalue weighted by molar-refractivity contribution is 9.10. The summed E-state index contributed by atoms with van der Waals surface area (Å²) in [6, 6.07) is 12.9. The molecule has 2 rings (SSSR count). The maximum absolute atomic E-state index is 12.4. The van der Waals surface area contributed by atoms with Gasteiger partial charge in [0.25, 0.3) is 15.9 Å². The van der Waals surface area contributed by atoms with Crippen LogP contribution in [0.1, 0.15) is 10.4 Å². The van der Waals surface area contributed by atoms with Crippen molar-refractivity contribution in [3.05, 3.63) is 58.6 Å². The highest BCUT2D eigenvalue weighted by Crippen LogP contribution is 2.25. The van der Waals surface area contributed by atoms with Crippen LogP contribution in [-0.2, 0) is 10.0 Å². The summed E-state index contributed by atoms with van der Waals surface area (Å²) in [4.78, 5) is 11.9. The molecule has 0 fully saturated rings. The lowest BCUT2D eigenvalue weighted by Crippen LogP contribution is -2.21. The number of carbonyl (C=O) groups is 1. The Hall–Kier alpha value is -1.86. The fraction of sp³-hybridized carbons (Fsp3) is 0.0714. The van der Waals surface area contributed by atoms with Gasteiger partial charge < -0.3 is 5.32 Å². The largest absolute Gasteiger partial charge is 0.355 e. The SMILES string of the molecule is CNC(=O)c1ccccc1NS(=O)(=O)c1ccccc1Br. The number of sulfonamides is 1. The molecule has 2 aromatic rings. The maximum atomic E-state index is 12.4. The predicted octanol–water partition coefficient (Wildman–Crippen LogP) is 2.61. The van der Waals surface area contributed by atoms with Gasteiger partial charge in [-0.2, -0.15) is 0 Å². The number of hydrogen-bond acceptors (Lipinski definition) is 3. The van der Waals surface area contributed by atoms with Gasteiger partial charge >= 0.3 is 0 Å². The minimum atomic E-state index is -3.79. The van der Waals surface area contributed by atoms with E-state index in [9.17, 15) is 13.2 Å². The van der Waals surface area contributed by atoms with Gasteiger partial charge in [-0.1, -0.05) is 24.3 Å². The summed E-state index contributed by atoms with van der Waals surface area (Å²) < 4.78 is 27.7. The van der Waals surface area contributed by atoms with Crippen LogP contribution in [0.25, 0.3) is 0 Å². The van der Waals surface area contributed by atoms with Gasteiger partial charge in [-0.25, -0.2) is 8.42 Å². The minimum Gasteiger partial charge on any atom is -0.355 e. The van der Waals surface area contributed by atoms with Crippen molar-refractivity contribution >= 4 is 37.5 Å². The molecule has 110 valence electrons. The van der Waals surface area contributed by atoms with Gasteiger partial charge in [-0.05, 0) is 40.2 Å². The van der Waals surface area contributed by atoms with Crippen LogP contribution >= 0.6 is 15.9 Å². The monoisotopic (exact) mass is 368 g/mol. The summed E-state index contributed by atoms with van der Waals surface area (Å²) in [5.74, 6) is -0.361. The molecule has 2 N–H and O–H groups in total. The van der Waals surface area contributed by atoms with Crippen LogP contribution in [0.3, 0.4) is 0 Å².